The Morgan fingerprint density at radius 3 is 2.43 bits per heavy atom. The second-order valence-corrected chi connectivity index (χ2v) is 16.5. The maximum absolute atomic E-state index is 6.85. The van der Waals surface area contributed by atoms with Crippen LogP contribution in [0.2, 0.25) is 18.1 Å². The van der Waals surface area contributed by atoms with Gasteiger partial charge < -0.3 is 9.16 Å². The molecule has 0 spiro atoms. The van der Waals surface area contributed by atoms with Crippen LogP contribution in [0.4, 0.5) is 0 Å². The average molecular weight is 419 g/mol. The Kier molecular flexibility index (Phi) is 5.15. The first-order valence-electron chi connectivity index (χ1n) is 10.8. The zero-order valence-corrected chi connectivity index (χ0v) is 19.8. The minimum atomic E-state index is -1.82. The fourth-order valence-electron chi connectivity index (χ4n) is 5.30. The normalized spacial score (nSPS) is 31.8. The maximum atomic E-state index is 6.85. The molecular formula is C24H35ClO2Si. The lowest BCUT2D eigenvalue weighted by Crippen LogP contribution is -2.48. The SMILES string of the molecule is CC(C)(C)[Si](C)(C)Oc1cccc(COC=C2C3CC4CC2CC(Cl)(C4)C3)c1. The Balaban J connectivity index is 1.39. The molecule has 2 atom stereocenters. The summed E-state index contributed by atoms with van der Waals surface area (Å²) in [6, 6.07) is 8.42. The van der Waals surface area contributed by atoms with Crippen molar-refractivity contribution >= 4 is 19.9 Å². The molecule has 0 N–H and O–H groups in total. The van der Waals surface area contributed by atoms with E-state index in [9.17, 15) is 0 Å². The Morgan fingerprint density at radius 2 is 1.82 bits per heavy atom. The molecule has 154 valence electrons. The van der Waals surface area contributed by atoms with E-state index in [-0.39, 0.29) is 9.91 Å². The molecule has 0 amide bonds. The van der Waals surface area contributed by atoms with E-state index in [1.165, 1.54) is 30.4 Å². The lowest BCUT2D eigenvalue weighted by atomic mass is 9.54. The van der Waals surface area contributed by atoms with Gasteiger partial charge in [0.2, 0.25) is 8.32 Å². The number of alkyl halides is 1. The van der Waals surface area contributed by atoms with Gasteiger partial charge in [-0.25, -0.2) is 0 Å². The van der Waals surface area contributed by atoms with Crippen molar-refractivity contribution in [1.29, 1.82) is 0 Å². The van der Waals surface area contributed by atoms with Crippen molar-refractivity contribution in [2.75, 3.05) is 0 Å². The molecule has 4 bridgehead atoms. The summed E-state index contributed by atoms with van der Waals surface area (Å²) < 4.78 is 12.5. The smallest absolute Gasteiger partial charge is 0.250 e. The van der Waals surface area contributed by atoms with Crippen LogP contribution in [0.3, 0.4) is 0 Å². The average Bonchev–Trinajstić information content (AvgIpc) is 2.55. The van der Waals surface area contributed by atoms with Crippen molar-refractivity contribution < 1.29 is 9.16 Å². The van der Waals surface area contributed by atoms with Crippen molar-refractivity contribution in [3.63, 3.8) is 0 Å². The summed E-state index contributed by atoms with van der Waals surface area (Å²) >= 11 is 6.85. The van der Waals surface area contributed by atoms with Crippen LogP contribution < -0.4 is 4.43 Å². The van der Waals surface area contributed by atoms with Crippen LogP contribution in [-0.2, 0) is 11.3 Å². The number of hydrogen-bond acceptors (Lipinski definition) is 2. The molecule has 0 aliphatic heterocycles. The lowest BCUT2D eigenvalue weighted by Gasteiger charge is -2.55. The van der Waals surface area contributed by atoms with Crippen LogP contribution in [0.1, 0.15) is 58.4 Å². The summed E-state index contributed by atoms with van der Waals surface area (Å²) in [5.74, 6) is 3.12. The topological polar surface area (TPSA) is 18.5 Å². The van der Waals surface area contributed by atoms with E-state index in [2.05, 4.69) is 64.4 Å². The third-order valence-electron chi connectivity index (χ3n) is 7.60. The van der Waals surface area contributed by atoms with E-state index < -0.39 is 8.32 Å². The molecule has 1 aromatic rings. The monoisotopic (exact) mass is 418 g/mol. The summed E-state index contributed by atoms with van der Waals surface area (Å²) in [4.78, 5) is 0.0866. The molecule has 1 aromatic carbocycles. The zero-order valence-electron chi connectivity index (χ0n) is 18.1. The molecule has 5 rings (SSSR count). The van der Waals surface area contributed by atoms with Gasteiger partial charge in [-0.15, -0.1) is 11.6 Å². The van der Waals surface area contributed by atoms with Gasteiger partial charge in [-0.3, -0.25) is 0 Å². The van der Waals surface area contributed by atoms with Crippen LogP contribution in [0.25, 0.3) is 0 Å². The molecule has 4 heteroatoms. The Morgan fingerprint density at radius 1 is 1.14 bits per heavy atom. The molecule has 2 nitrogen and oxygen atoms in total. The second-order valence-electron chi connectivity index (χ2n) is 10.9. The fraction of sp³-hybridized carbons (Fsp3) is 0.667. The quantitative estimate of drug-likeness (QED) is 0.284. The summed E-state index contributed by atoms with van der Waals surface area (Å²) in [5.41, 5.74) is 2.70. The van der Waals surface area contributed by atoms with E-state index in [0.29, 0.717) is 18.4 Å². The van der Waals surface area contributed by atoms with Crippen molar-refractivity contribution in [2.24, 2.45) is 17.8 Å². The van der Waals surface area contributed by atoms with Crippen molar-refractivity contribution in [3.8, 4) is 5.75 Å². The van der Waals surface area contributed by atoms with Gasteiger partial charge in [0.25, 0.3) is 0 Å². The Bertz CT molecular complexity index is 746. The third-order valence-corrected chi connectivity index (χ3v) is 12.4. The van der Waals surface area contributed by atoms with Gasteiger partial charge >= 0.3 is 0 Å². The molecule has 0 aromatic heterocycles. The molecule has 4 aliphatic carbocycles. The van der Waals surface area contributed by atoms with Gasteiger partial charge in [0.1, 0.15) is 12.4 Å². The molecule has 0 radical (unpaired) electrons. The largest absolute Gasteiger partial charge is 0.543 e. The molecule has 4 saturated carbocycles. The van der Waals surface area contributed by atoms with Crippen LogP contribution in [-0.4, -0.2) is 13.2 Å². The number of ether oxygens (including phenoxy) is 1. The van der Waals surface area contributed by atoms with E-state index in [1.54, 1.807) is 0 Å². The Hall–Kier alpha value is -0.933. The fourth-order valence-corrected chi connectivity index (χ4v) is 6.91. The lowest BCUT2D eigenvalue weighted by molar-refractivity contribution is 0.0792. The number of halogens is 1. The highest BCUT2D eigenvalue weighted by atomic mass is 35.5. The minimum Gasteiger partial charge on any atom is -0.543 e. The molecule has 4 fully saturated rings. The predicted octanol–water partition coefficient (Wildman–Crippen LogP) is 7.29. The number of benzene rings is 1. The van der Waals surface area contributed by atoms with Crippen molar-refractivity contribution in [3.05, 3.63) is 41.7 Å². The van der Waals surface area contributed by atoms with Gasteiger partial charge in [-0.05, 0) is 91.3 Å². The van der Waals surface area contributed by atoms with Gasteiger partial charge in [0.15, 0.2) is 0 Å². The number of allylic oxidation sites excluding steroid dienone is 1. The molecule has 0 saturated heterocycles. The summed E-state index contributed by atoms with van der Waals surface area (Å²) in [7, 11) is -1.82. The molecule has 28 heavy (non-hydrogen) atoms. The van der Waals surface area contributed by atoms with E-state index in [4.69, 9.17) is 20.8 Å². The maximum Gasteiger partial charge on any atom is 0.250 e. The first-order chi connectivity index (χ1) is 13.0. The van der Waals surface area contributed by atoms with E-state index in [0.717, 1.165) is 24.5 Å². The van der Waals surface area contributed by atoms with Crippen LogP contribution >= 0.6 is 11.6 Å². The highest BCUT2D eigenvalue weighted by Gasteiger charge is 2.52. The molecule has 0 heterocycles. The van der Waals surface area contributed by atoms with Gasteiger partial charge in [-0.2, -0.15) is 0 Å². The van der Waals surface area contributed by atoms with E-state index >= 15 is 0 Å². The van der Waals surface area contributed by atoms with Crippen molar-refractivity contribution in [1.82, 2.24) is 0 Å². The van der Waals surface area contributed by atoms with Crippen LogP contribution in [0, 0.1) is 17.8 Å². The first kappa shape index (κ1) is 20.3. The van der Waals surface area contributed by atoms with Crippen molar-refractivity contribution in [2.45, 2.75) is 82.5 Å². The highest BCUT2D eigenvalue weighted by Crippen LogP contribution is 2.60. The van der Waals surface area contributed by atoms with Gasteiger partial charge in [0.05, 0.1) is 6.26 Å². The molecule has 4 aliphatic rings. The highest BCUT2D eigenvalue weighted by molar-refractivity contribution is 6.74. The van der Waals surface area contributed by atoms with E-state index in [1.807, 2.05) is 0 Å². The minimum absolute atomic E-state index is 0.0866. The standard InChI is InChI=1S/C24H35ClO2Si/c1-23(2,3)28(4,5)27-21-8-6-7-17(11-21)15-26-16-22-19-9-18-10-20(22)14-24(25,12-18)13-19/h6-8,11,16,18-20H,9-10,12-15H2,1-5H3. The third kappa shape index (κ3) is 4.02. The molecular weight excluding hydrogens is 384 g/mol. The molecule has 2 unspecified atom stereocenters. The summed E-state index contributed by atoms with van der Waals surface area (Å²) in [6.45, 7) is 12.0. The van der Waals surface area contributed by atoms with Crippen LogP contribution in [0.5, 0.6) is 5.75 Å². The Labute approximate surface area is 176 Å². The number of hydrogen-bond donors (Lipinski definition) is 0. The second kappa shape index (κ2) is 7.09. The van der Waals surface area contributed by atoms with Crippen LogP contribution in [0.15, 0.2) is 36.1 Å². The summed E-state index contributed by atoms with van der Waals surface area (Å²) in [6.07, 6.45) is 8.23. The predicted molar refractivity (Wildman–Crippen MR) is 119 cm³/mol. The zero-order chi connectivity index (χ0) is 20.2. The van der Waals surface area contributed by atoms with Gasteiger partial charge in [-0.1, -0.05) is 32.9 Å². The van der Waals surface area contributed by atoms with Gasteiger partial charge in [0, 0.05) is 4.87 Å². The summed E-state index contributed by atoms with van der Waals surface area (Å²) in [5, 5.41) is 0.198. The number of rotatable bonds is 5. The first-order valence-corrected chi connectivity index (χ1v) is 14.1.